The van der Waals surface area contributed by atoms with Crippen LogP contribution in [0.1, 0.15) is 25.3 Å². The topological polar surface area (TPSA) is 23.5 Å². The van der Waals surface area contributed by atoms with Gasteiger partial charge in [-0.2, -0.15) is 0 Å². The van der Waals surface area contributed by atoms with Crippen LogP contribution >= 0.6 is 0 Å². The Kier molecular flexibility index (Phi) is 4.04. The van der Waals surface area contributed by atoms with E-state index < -0.39 is 0 Å². The van der Waals surface area contributed by atoms with Gasteiger partial charge in [-0.05, 0) is 35.1 Å². The number of aliphatic hydroxyl groups is 1. The van der Waals surface area contributed by atoms with Crippen molar-refractivity contribution in [2.24, 2.45) is 5.92 Å². The average molecular weight is 269 g/mol. The number of hydrogen-bond donors (Lipinski definition) is 1. The number of hydrogen-bond acceptors (Lipinski definition) is 2. The first-order chi connectivity index (χ1) is 9.78. The lowest BCUT2D eigenvalue weighted by Gasteiger charge is -2.36. The SMILES string of the molecule is CCC1CN(Cc2cccc3ccccc23)CCC1O. The number of piperidine rings is 1. The first-order valence-electron chi connectivity index (χ1n) is 7.65. The van der Waals surface area contributed by atoms with Crippen LogP contribution in [0.2, 0.25) is 0 Å². The maximum absolute atomic E-state index is 10.00. The minimum absolute atomic E-state index is 0.108. The van der Waals surface area contributed by atoms with Crippen molar-refractivity contribution >= 4 is 10.8 Å². The average Bonchev–Trinajstić information content (AvgIpc) is 2.49. The molecule has 2 heteroatoms. The molecule has 0 aromatic heterocycles. The summed E-state index contributed by atoms with van der Waals surface area (Å²) in [6.45, 7) is 5.18. The van der Waals surface area contributed by atoms with E-state index in [1.54, 1.807) is 0 Å². The molecular formula is C18H23NO. The molecule has 1 aliphatic heterocycles. The van der Waals surface area contributed by atoms with E-state index in [-0.39, 0.29) is 6.10 Å². The van der Waals surface area contributed by atoms with Crippen molar-refractivity contribution < 1.29 is 5.11 Å². The van der Waals surface area contributed by atoms with Crippen molar-refractivity contribution in [2.45, 2.75) is 32.4 Å². The molecule has 3 rings (SSSR count). The Bertz CT molecular complexity index is 575. The van der Waals surface area contributed by atoms with Gasteiger partial charge in [-0.3, -0.25) is 4.90 Å². The number of fused-ring (bicyclic) bond motifs is 1. The minimum Gasteiger partial charge on any atom is -0.393 e. The monoisotopic (exact) mass is 269 g/mol. The normalized spacial score (nSPS) is 24.1. The van der Waals surface area contributed by atoms with E-state index in [0.29, 0.717) is 5.92 Å². The summed E-state index contributed by atoms with van der Waals surface area (Å²) in [6, 6.07) is 15.1. The van der Waals surface area contributed by atoms with Gasteiger partial charge in [0.05, 0.1) is 6.10 Å². The molecular weight excluding hydrogens is 246 g/mol. The van der Waals surface area contributed by atoms with Gasteiger partial charge in [0, 0.05) is 19.6 Å². The second-order valence-corrected chi connectivity index (χ2v) is 5.90. The van der Waals surface area contributed by atoms with Crippen molar-refractivity contribution in [3.8, 4) is 0 Å². The lowest BCUT2D eigenvalue weighted by molar-refractivity contribution is 0.0223. The molecule has 2 aromatic rings. The fraction of sp³-hybridized carbons (Fsp3) is 0.444. The third-order valence-electron chi connectivity index (χ3n) is 4.58. The molecule has 2 atom stereocenters. The Labute approximate surface area is 121 Å². The first kappa shape index (κ1) is 13.6. The van der Waals surface area contributed by atoms with Crippen LogP contribution in [0.3, 0.4) is 0 Å². The molecule has 1 saturated heterocycles. The number of nitrogens with zero attached hydrogens (tertiary/aromatic N) is 1. The summed E-state index contributed by atoms with van der Waals surface area (Å²) in [7, 11) is 0. The van der Waals surface area contributed by atoms with E-state index in [0.717, 1.165) is 32.5 Å². The van der Waals surface area contributed by atoms with Gasteiger partial charge < -0.3 is 5.11 Å². The summed E-state index contributed by atoms with van der Waals surface area (Å²) < 4.78 is 0. The first-order valence-corrected chi connectivity index (χ1v) is 7.65. The molecule has 20 heavy (non-hydrogen) atoms. The molecule has 2 unspecified atom stereocenters. The van der Waals surface area contributed by atoms with Gasteiger partial charge in [0.2, 0.25) is 0 Å². The van der Waals surface area contributed by atoms with Crippen molar-refractivity contribution in [1.82, 2.24) is 4.90 Å². The van der Waals surface area contributed by atoms with E-state index in [9.17, 15) is 5.11 Å². The van der Waals surface area contributed by atoms with Gasteiger partial charge in [-0.15, -0.1) is 0 Å². The summed E-state index contributed by atoms with van der Waals surface area (Å²) in [5.41, 5.74) is 1.40. The van der Waals surface area contributed by atoms with Gasteiger partial charge in [0.15, 0.2) is 0 Å². The van der Waals surface area contributed by atoms with Crippen LogP contribution in [0.5, 0.6) is 0 Å². The summed E-state index contributed by atoms with van der Waals surface area (Å²) in [5, 5.41) is 12.7. The summed E-state index contributed by atoms with van der Waals surface area (Å²) in [5.74, 6) is 0.429. The van der Waals surface area contributed by atoms with Gasteiger partial charge in [0.1, 0.15) is 0 Å². The van der Waals surface area contributed by atoms with Crippen LogP contribution in [0, 0.1) is 5.92 Å². The Morgan fingerprint density at radius 2 is 1.95 bits per heavy atom. The van der Waals surface area contributed by atoms with Gasteiger partial charge >= 0.3 is 0 Å². The van der Waals surface area contributed by atoms with Gasteiger partial charge in [0.25, 0.3) is 0 Å². The molecule has 1 fully saturated rings. The maximum atomic E-state index is 10.00. The zero-order chi connectivity index (χ0) is 13.9. The zero-order valence-corrected chi connectivity index (χ0v) is 12.1. The molecule has 0 saturated carbocycles. The molecule has 1 heterocycles. The molecule has 0 radical (unpaired) electrons. The smallest absolute Gasteiger partial charge is 0.0592 e. The molecule has 2 aromatic carbocycles. The van der Waals surface area contributed by atoms with Crippen LogP contribution in [0.15, 0.2) is 42.5 Å². The fourth-order valence-electron chi connectivity index (χ4n) is 3.31. The highest BCUT2D eigenvalue weighted by molar-refractivity contribution is 5.85. The van der Waals surface area contributed by atoms with Crippen LogP contribution in [0.25, 0.3) is 10.8 Å². The number of aliphatic hydroxyl groups excluding tert-OH is 1. The van der Waals surface area contributed by atoms with Crippen molar-refractivity contribution in [3.05, 3.63) is 48.0 Å². The predicted octanol–water partition coefficient (Wildman–Crippen LogP) is 3.43. The highest BCUT2D eigenvalue weighted by atomic mass is 16.3. The minimum atomic E-state index is -0.108. The Hall–Kier alpha value is -1.38. The van der Waals surface area contributed by atoms with Crippen molar-refractivity contribution in [3.63, 3.8) is 0 Å². The molecule has 0 bridgehead atoms. The third-order valence-corrected chi connectivity index (χ3v) is 4.58. The number of likely N-dealkylation sites (tertiary alicyclic amines) is 1. The lowest BCUT2D eigenvalue weighted by Crippen LogP contribution is -2.42. The molecule has 1 aliphatic rings. The Balaban J connectivity index is 1.80. The lowest BCUT2D eigenvalue weighted by atomic mass is 9.92. The summed E-state index contributed by atoms with van der Waals surface area (Å²) in [4.78, 5) is 2.49. The van der Waals surface area contributed by atoms with Crippen molar-refractivity contribution in [1.29, 1.82) is 0 Å². The third kappa shape index (κ3) is 2.72. The second-order valence-electron chi connectivity index (χ2n) is 5.90. The number of benzene rings is 2. The van der Waals surface area contributed by atoms with Crippen LogP contribution in [-0.2, 0) is 6.54 Å². The molecule has 2 nitrogen and oxygen atoms in total. The van der Waals surface area contributed by atoms with Gasteiger partial charge in [-0.1, -0.05) is 49.4 Å². The quantitative estimate of drug-likeness (QED) is 0.922. The molecule has 0 amide bonds. The van der Waals surface area contributed by atoms with Crippen LogP contribution < -0.4 is 0 Å². The molecule has 0 aliphatic carbocycles. The maximum Gasteiger partial charge on any atom is 0.0592 e. The van der Waals surface area contributed by atoms with Crippen LogP contribution in [-0.4, -0.2) is 29.2 Å². The van der Waals surface area contributed by atoms with E-state index in [1.807, 2.05) is 0 Å². The highest BCUT2D eigenvalue weighted by Crippen LogP contribution is 2.24. The zero-order valence-electron chi connectivity index (χ0n) is 12.1. The largest absolute Gasteiger partial charge is 0.393 e. The van der Waals surface area contributed by atoms with Crippen molar-refractivity contribution in [2.75, 3.05) is 13.1 Å². The standard InChI is InChI=1S/C18H23NO/c1-2-14-12-19(11-10-18(14)20)13-16-8-5-7-15-6-3-4-9-17(15)16/h3-9,14,18,20H,2,10-13H2,1H3. The Morgan fingerprint density at radius 3 is 2.80 bits per heavy atom. The van der Waals surface area contributed by atoms with E-state index in [1.165, 1.54) is 16.3 Å². The number of rotatable bonds is 3. The molecule has 0 spiro atoms. The summed E-state index contributed by atoms with van der Waals surface area (Å²) >= 11 is 0. The van der Waals surface area contributed by atoms with E-state index in [2.05, 4.69) is 54.3 Å². The predicted molar refractivity (Wildman–Crippen MR) is 83.6 cm³/mol. The fourth-order valence-corrected chi connectivity index (χ4v) is 3.31. The van der Waals surface area contributed by atoms with Crippen LogP contribution in [0.4, 0.5) is 0 Å². The highest BCUT2D eigenvalue weighted by Gasteiger charge is 2.26. The van der Waals surface area contributed by atoms with E-state index in [4.69, 9.17) is 0 Å². The summed E-state index contributed by atoms with van der Waals surface area (Å²) in [6.07, 6.45) is 1.86. The second kappa shape index (κ2) is 5.94. The Morgan fingerprint density at radius 1 is 1.15 bits per heavy atom. The molecule has 106 valence electrons. The van der Waals surface area contributed by atoms with E-state index >= 15 is 0 Å². The molecule has 1 N–H and O–H groups in total. The van der Waals surface area contributed by atoms with Gasteiger partial charge in [-0.25, -0.2) is 0 Å².